The molecule has 0 bridgehead atoms. The van der Waals surface area contributed by atoms with E-state index in [4.69, 9.17) is 5.73 Å². The van der Waals surface area contributed by atoms with Gasteiger partial charge in [-0.3, -0.25) is 4.90 Å². The first-order valence-electron chi connectivity index (χ1n) is 6.52. The predicted octanol–water partition coefficient (Wildman–Crippen LogP) is 2.86. The van der Waals surface area contributed by atoms with E-state index < -0.39 is 0 Å². The van der Waals surface area contributed by atoms with E-state index in [0.717, 1.165) is 25.9 Å². The topological polar surface area (TPSA) is 29.3 Å². The number of fused-ring (bicyclic) bond motifs is 1. The largest absolute Gasteiger partial charge is 0.328 e. The Hall–Kier alpha value is -0.380. The predicted molar refractivity (Wildman–Crippen MR) is 74.0 cm³/mol. The first-order chi connectivity index (χ1) is 8.25. The molecule has 1 aromatic carbocycles. The second-order valence-electron chi connectivity index (χ2n) is 5.24. The van der Waals surface area contributed by atoms with Crippen molar-refractivity contribution < 1.29 is 0 Å². The summed E-state index contributed by atoms with van der Waals surface area (Å²) >= 11 is 3.67. The van der Waals surface area contributed by atoms with Crippen molar-refractivity contribution in [1.29, 1.82) is 0 Å². The minimum atomic E-state index is 0.426. The van der Waals surface area contributed by atoms with Crippen LogP contribution in [0.5, 0.6) is 0 Å². The van der Waals surface area contributed by atoms with Gasteiger partial charge in [0.2, 0.25) is 0 Å². The van der Waals surface area contributed by atoms with E-state index in [1.807, 2.05) is 0 Å². The molecule has 17 heavy (non-hydrogen) atoms. The van der Waals surface area contributed by atoms with Gasteiger partial charge in [-0.05, 0) is 42.9 Å². The molecular weight excluding hydrogens is 276 g/mol. The molecule has 1 aliphatic carbocycles. The molecule has 0 spiro atoms. The lowest BCUT2D eigenvalue weighted by atomic mass is 10.0. The molecule has 92 valence electrons. The summed E-state index contributed by atoms with van der Waals surface area (Å²) < 4.78 is 1.28. The fraction of sp³-hybridized carbons (Fsp3) is 0.571. The van der Waals surface area contributed by atoms with E-state index in [1.165, 1.54) is 28.4 Å². The molecule has 2 nitrogen and oxygen atoms in total. The molecular formula is C14H19BrN2. The zero-order chi connectivity index (χ0) is 11.8. The molecule has 0 saturated carbocycles. The highest BCUT2D eigenvalue weighted by Crippen LogP contribution is 2.39. The number of hydrogen-bond donors (Lipinski definition) is 1. The van der Waals surface area contributed by atoms with Crippen LogP contribution in [0.3, 0.4) is 0 Å². The standard InChI is InChI=1S/C14H19BrN2/c15-13-3-1-2-12-11(13)4-5-14(12)17-8-6-10(16)7-9-17/h1-3,10,14H,4-9,16H2. The minimum Gasteiger partial charge on any atom is -0.328 e. The SMILES string of the molecule is NC1CCN(C2CCc3c(Br)cccc32)CC1. The average Bonchev–Trinajstić information content (AvgIpc) is 2.75. The van der Waals surface area contributed by atoms with Gasteiger partial charge in [-0.25, -0.2) is 0 Å². The number of piperidine rings is 1. The molecule has 1 heterocycles. The first kappa shape index (κ1) is 11.7. The summed E-state index contributed by atoms with van der Waals surface area (Å²) in [5.74, 6) is 0. The van der Waals surface area contributed by atoms with Gasteiger partial charge in [0.1, 0.15) is 0 Å². The third kappa shape index (κ3) is 2.16. The third-order valence-electron chi connectivity index (χ3n) is 4.20. The van der Waals surface area contributed by atoms with Gasteiger partial charge in [0.25, 0.3) is 0 Å². The highest BCUT2D eigenvalue weighted by molar-refractivity contribution is 9.10. The number of hydrogen-bond acceptors (Lipinski definition) is 2. The highest BCUT2D eigenvalue weighted by Gasteiger charge is 2.30. The smallest absolute Gasteiger partial charge is 0.0354 e. The normalized spacial score (nSPS) is 26.1. The van der Waals surface area contributed by atoms with Gasteiger partial charge in [-0.1, -0.05) is 28.1 Å². The van der Waals surface area contributed by atoms with Gasteiger partial charge in [-0.15, -0.1) is 0 Å². The fourth-order valence-electron chi connectivity index (χ4n) is 3.20. The zero-order valence-corrected chi connectivity index (χ0v) is 11.6. The maximum absolute atomic E-state index is 5.98. The maximum Gasteiger partial charge on any atom is 0.0354 e. The van der Waals surface area contributed by atoms with Crippen molar-refractivity contribution in [2.75, 3.05) is 13.1 Å². The van der Waals surface area contributed by atoms with Crippen LogP contribution >= 0.6 is 15.9 Å². The fourth-order valence-corrected chi connectivity index (χ4v) is 3.78. The number of benzene rings is 1. The van der Waals surface area contributed by atoms with Crippen molar-refractivity contribution in [3.8, 4) is 0 Å². The highest BCUT2D eigenvalue weighted by atomic mass is 79.9. The second-order valence-corrected chi connectivity index (χ2v) is 6.09. The van der Waals surface area contributed by atoms with Gasteiger partial charge < -0.3 is 5.73 Å². The van der Waals surface area contributed by atoms with Crippen LogP contribution in [0.1, 0.15) is 36.4 Å². The molecule has 1 aliphatic heterocycles. The molecule has 1 saturated heterocycles. The van der Waals surface area contributed by atoms with Crippen molar-refractivity contribution in [3.63, 3.8) is 0 Å². The quantitative estimate of drug-likeness (QED) is 0.863. The summed E-state index contributed by atoms with van der Waals surface area (Å²) in [4.78, 5) is 2.63. The summed E-state index contributed by atoms with van der Waals surface area (Å²) in [5, 5.41) is 0. The monoisotopic (exact) mass is 294 g/mol. The van der Waals surface area contributed by atoms with Crippen LogP contribution < -0.4 is 5.73 Å². The molecule has 3 heteroatoms. The summed E-state index contributed by atoms with van der Waals surface area (Å²) in [6, 6.07) is 7.68. The number of halogens is 1. The number of rotatable bonds is 1. The Morgan fingerprint density at radius 1 is 1.18 bits per heavy atom. The Balaban J connectivity index is 1.82. The van der Waals surface area contributed by atoms with E-state index in [0.29, 0.717) is 12.1 Å². The van der Waals surface area contributed by atoms with Crippen LogP contribution in [-0.4, -0.2) is 24.0 Å². The van der Waals surface area contributed by atoms with Crippen LogP contribution in [0.15, 0.2) is 22.7 Å². The Bertz CT molecular complexity index is 411. The van der Waals surface area contributed by atoms with E-state index in [-0.39, 0.29) is 0 Å². The molecule has 1 atom stereocenters. The Morgan fingerprint density at radius 3 is 2.71 bits per heavy atom. The van der Waals surface area contributed by atoms with Gasteiger partial charge in [0, 0.05) is 29.6 Å². The van der Waals surface area contributed by atoms with Crippen LogP contribution in [0.2, 0.25) is 0 Å². The lowest BCUT2D eigenvalue weighted by molar-refractivity contribution is 0.153. The molecule has 1 unspecified atom stereocenters. The van der Waals surface area contributed by atoms with Crippen LogP contribution in [0.25, 0.3) is 0 Å². The van der Waals surface area contributed by atoms with E-state index in [2.05, 4.69) is 39.0 Å². The van der Waals surface area contributed by atoms with Crippen molar-refractivity contribution >= 4 is 15.9 Å². The molecule has 3 rings (SSSR count). The van der Waals surface area contributed by atoms with Gasteiger partial charge in [-0.2, -0.15) is 0 Å². The van der Waals surface area contributed by atoms with Crippen molar-refractivity contribution in [3.05, 3.63) is 33.8 Å². The molecule has 0 amide bonds. The summed E-state index contributed by atoms with van der Waals surface area (Å²) in [6.07, 6.45) is 4.79. The number of nitrogens with zero attached hydrogens (tertiary/aromatic N) is 1. The first-order valence-corrected chi connectivity index (χ1v) is 7.32. The van der Waals surface area contributed by atoms with Crippen LogP contribution in [-0.2, 0) is 6.42 Å². The zero-order valence-electron chi connectivity index (χ0n) is 10.0. The van der Waals surface area contributed by atoms with E-state index in [1.54, 1.807) is 0 Å². The maximum atomic E-state index is 5.98. The Kier molecular flexibility index (Phi) is 3.24. The summed E-state index contributed by atoms with van der Waals surface area (Å²) in [7, 11) is 0. The summed E-state index contributed by atoms with van der Waals surface area (Å²) in [6.45, 7) is 2.33. The van der Waals surface area contributed by atoms with E-state index >= 15 is 0 Å². The van der Waals surface area contributed by atoms with Crippen molar-refractivity contribution in [1.82, 2.24) is 4.90 Å². The van der Waals surface area contributed by atoms with Gasteiger partial charge >= 0.3 is 0 Å². The Labute approximate surface area is 111 Å². The van der Waals surface area contributed by atoms with E-state index in [9.17, 15) is 0 Å². The number of nitrogens with two attached hydrogens (primary N) is 1. The number of likely N-dealkylation sites (tertiary alicyclic amines) is 1. The molecule has 2 N–H and O–H groups in total. The Morgan fingerprint density at radius 2 is 1.94 bits per heavy atom. The van der Waals surface area contributed by atoms with Crippen LogP contribution in [0, 0.1) is 0 Å². The van der Waals surface area contributed by atoms with Gasteiger partial charge in [0.15, 0.2) is 0 Å². The average molecular weight is 295 g/mol. The molecule has 0 aromatic heterocycles. The summed E-state index contributed by atoms with van der Waals surface area (Å²) in [5.41, 5.74) is 9.04. The lowest BCUT2D eigenvalue weighted by Crippen LogP contribution is -2.41. The van der Waals surface area contributed by atoms with Crippen LogP contribution in [0.4, 0.5) is 0 Å². The van der Waals surface area contributed by atoms with Crippen molar-refractivity contribution in [2.24, 2.45) is 5.73 Å². The second kappa shape index (κ2) is 4.71. The lowest BCUT2D eigenvalue weighted by Gasteiger charge is -2.35. The third-order valence-corrected chi connectivity index (χ3v) is 4.94. The minimum absolute atomic E-state index is 0.426. The molecule has 1 aromatic rings. The molecule has 2 aliphatic rings. The van der Waals surface area contributed by atoms with Gasteiger partial charge in [0.05, 0.1) is 0 Å². The van der Waals surface area contributed by atoms with Crippen molar-refractivity contribution in [2.45, 2.75) is 37.8 Å². The molecule has 1 fully saturated rings. The molecule has 0 radical (unpaired) electrons.